The number of carbonyl (C=O) groups is 1. The number of nitrogens with two attached hydrogens (primary N) is 1. The zero-order valence-corrected chi connectivity index (χ0v) is 6.11. The number of nitrogens with one attached hydrogen (secondary N) is 1. The van der Waals surface area contributed by atoms with Crippen molar-refractivity contribution in [3.8, 4) is 0 Å². The van der Waals surface area contributed by atoms with Gasteiger partial charge in [0.25, 0.3) is 5.91 Å². The van der Waals surface area contributed by atoms with E-state index in [4.69, 9.17) is 5.73 Å². The summed E-state index contributed by atoms with van der Waals surface area (Å²) in [6.07, 6.45) is 4.72. The third-order valence-electron chi connectivity index (χ3n) is 1.52. The summed E-state index contributed by atoms with van der Waals surface area (Å²) in [7, 11) is 0. The van der Waals surface area contributed by atoms with E-state index in [-0.39, 0.29) is 5.69 Å². The first-order valence-corrected chi connectivity index (χ1v) is 3.37. The Labute approximate surface area is 67.6 Å². The number of H-pyrrole nitrogens is 1. The summed E-state index contributed by atoms with van der Waals surface area (Å²) in [6, 6.07) is 0. The number of carbonyl (C=O) groups excluding carboxylic acids is 1. The Morgan fingerprint density at radius 2 is 2.17 bits per heavy atom. The van der Waals surface area contributed by atoms with Crippen molar-refractivity contribution in [1.82, 2.24) is 15.0 Å². The SMILES string of the molecule is NC(=O)c1cnc2c[nH]cc2n1. The molecule has 0 saturated carbocycles. The van der Waals surface area contributed by atoms with Gasteiger partial charge in [-0.1, -0.05) is 0 Å². The van der Waals surface area contributed by atoms with Crippen LogP contribution in [0.15, 0.2) is 18.6 Å². The molecule has 0 saturated heterocycles. The molecule has 60 valence electrons. The smallest absolute Gasteiger partial charge is 0.268 e. The maximum absolute atomic E-state index is 10.7. The van der Waals surface area contributed by atoms with Crippen LogP contribution in [0.5, 0.6) is 0 Å². The van der Waals surface area contributed by atoms with Crippen molar-refractivity contribution < 1.29 is 4.79 Å². The molecule has 0 aliphatic carbocycles. The van der Waals surface area contributed by atoms with Crippen molar-refractivity contribution in [3.05, 3.63) is 24.3 Å². The number of aromatic amines is 1. The highest BCUT2D eigenvalue weighted by atomic mass is 16.1. The van der Waals surface area contributed by atoms with Crippen LogP contribution < -0.4 is 5.73 Å². The van der Waals surface area contributed by atoms with Gasteiger partial charge in [-0.3, -0.25) is 9.78 Å². The number of hydrogen-bond donors (Lipinski definition) is 2. The van der Waals surface area contributed by atoms with Crippen LogP contribution in [0.4, 0.5) is 0 Å². The van der Waals surface area contributed by atoms with E-state index in [1.807, 2.05) is 0 Å². The fraction of sp³-hybridized carbons (Fsp3) is 0. The van der Waals surface area contributed by atoms with Crippen LogP contribution in [0.3, 0.4) is 0 Å². The topological polar surface area (TPSA) is 84.7 Å². The zero-order chi connectivity index (χ0) is 8.55. The number of primary amides is 1. The Bertz CT molecular complexity index is 434. The summed E-state index contributed by atoms with van der Waals surface area (Å²) >= 11 is 0. The van der Waals surface area contributed by atoms with E-state index < -0.39 is 5.91 Å². The molecule has 3 N–H and O–H groups in total. The van der Waals surface area contributed by atoms with Crippen LogP contribution in [0.25, 0.3) is 11.0 Å². The predicted molar refractivity (Wildman–Crippen MR) is 42.4 cm³/mol. The minimum Gasteiger partial charge on any atom is -0.364 e. The van der Waals surface area contributed by atoms with Gasteiger partial charge in [-0.25, -0.2) is 4.98 Å². The maximum atomic E-state index is 10.7. The Morgan fingerprint density at radius 3 is 2.92 bits per heavy atom. The first-order chi connectivity index (χ1) is 5.77. The Balaban J connectivity index is 2.68. The molecule has 1 amide bonds. The predicted octanol–water partition coefficient (Wildman–Crippen LogP) is 0.0568. The highest BCUT2D eigenvalue weighted by Gasteiger charge is 2.03. The summed E-state index contributed by atoms with van der Waals surface area (Å²) in [4.78, 5) is 21.4. The number of aromatic nitrogens is 3. The molecular formula is C7H6N4O. The van der Waals surface area contributed by atoms with Crippen molar-refractivity contribution in [1.29, 1.82) is 0 Å². The summed E-state index contributed by atoms with van der Waals surface area (Å²) in [5.41, 5.74) is 6.57. The molecule has 0 radical (unpaired) electrons. The fourth-order valence-electron chi connectivity index (χ4n) is 0.948. The van der Waals surface area contributed by atoms with Crippen molar-refractivity contribution in [2.45, 2.75) is 0 Å². The molecule has 5 heteroatoms. The van der Waals surface area contributed by atoms with Crippen molar-refractivity contribution in [2.75, 3.05) is 0 Å². The number of nitrogens with zero attached hydrogens (tertiary/aromatic N) is 2. The average Bonchev–Trinajstić information content (AvgIpc) is 2.49. The molecule has 12 heavy (non-hydrogen) atoms. The first-order valence-electron chi connectivity index (χ1n) is 3.37. The van der Waals surface area contributed by atoms with Gasteiger partial charge in [0.1, 0.15) is 16.7 Å². The zero-order valence-electron chi connectivity index (χ0n) is 6.11. The van der Waals surface area contributed by atoms with Crippen molar-refractivity contribution in [2.24, 2.45) is 5.73 Å². The van der Waals surface area contributed by atoms with Crippen LogP contribution in [0.2, 0.25) is 0 Å². The summed E-state index contributed by atoms with van der Waals surface area (Å²) < 4.78 is 0. The van der Waals surface area contributed by atoms with Gasteiger partial charge >= 0.3 is 0 Å². The molecule has 0 fully saturated rings. The minimum atomic E-state index is -0.564. The van der Waals surface area contributed by atoms with Gasteiger partial charge in [0.2, 0.25) is 0 Å². The Kier molecular flexibility index (Phi) is 1.30. The second-order valence-electron chi connectivity index (χ2n) is 2.35. The van der Waals surface area contributed by atoms with E-state index in [2.05, 4.69) is 15.0 Å². The molecule has 5 nitrogen and oxygen atoms in total. The van der Waals surface area contributed by atoms with E-state index in [1.54, 1.807) is 12.4 Å². The molecule has 0 bridgehead atoms. The summed E-state index contributed by atoms with van der Waals surface area (Å²) in [6.45, 7) is 0. The number of amides is 1. The second-order valence-corrected chi connectivity index (χ2v) is 2.35. The van der Waals surface area contributed by atoms with E-state index in [0.29, 0.717) is 5.52 Å². The molecule has 2 aromatic rings. The lowest BCUT2D eigenvalue weighted by atomic mass is 10.4. The molecule has 0 unspecified atom stereocenters. The average molecular weight is 162 g/mol. The van der Waals surface area contributed by atoms with Crippen LogP contribution >= 0.6 is 0 Å². The van der Waals surface area contributed by atoms with Gasteiger partial charge in [-0.15, -0.1) is 0 Å². The number of fused-ring (bicyclic) bond motifs is 1. The van der Waals surface area contributed by atoms with Crippen molar-refractivity contribution in [3.63, 3.8) is 0 Å². The van der Waals surface area contributed by atoms with Gasteiger partial charge in [-0.05, 0) is 0 Å². The standard InChI is InChI=1S/C7H6N4O/c8-7(12)6-3-10-4-1-9-2-5(4)11-6/h1-3,9H,(H2,8,12). The van der Waals surface area contributed by atoms with Crippen molar-refractivity contribution >= 4 is 16.9 Å². The molecule has 0 spiro atoms. The van der Waals surface area contributed by atoms with E-state index in [9.17, 15) is 4.79 Å². The first kappa shape index (κ1) is 6.78. The van der Waals surface area contributed by atoms with E-state index in [0.717, 1.165) is 5.52 Å². The van der Waals surface area contributed by atoms with Crippen LogP contribution in [0.1, 0.15) is 10.5 Å². The molecule has 0 atom stereocenters. The van der Waals surface area contributed by atoms with Gasteiger partial charge in [0, 0.05) is 12.4 Å². The normalized spacial score (nSPS) is 10.3. The molecule has 0 aromatic carbocycles. The van der Waals surface area contributed by atoms with Crippen LogP contribution in [0, 0.1) is 0 Å². The molecule has 2 aromatic heterocycles. The summed E-state index contributed by atoms with van der Waals surface area (Å²) in [5, 5.41) is 0. The lowest BCUT2D eigenvalue weighted by Crippen LogP contribution is -2.13. The van der Waals surface area contributed by atoms with E-state index >= 15 is 0 Å². The lowest BCUT2D eigenvalue weighted by Gasteiger charge is -1.92. The molecule has 0 aliphatic rings. The van der Waals surface area contributed by atoms with Gasteiger partial charge in [-0.2, -0.15) is 0 Å². The molecule has 2 heterocycles. The third kappa shape index (κ3) is 0.914. The highest BCUT2D eigenvalue weighted by molar-refractivity contribution is 5.92. The molecule has 2 rings (SSSR count). The maximum Gasteiger partial charge on any atom is 0.268 e. The Hall–Kier alpha value is -1.91. The fourth-order valence-corrected chi connectivity index (χ4v) is 0.948. The van der Waals surface area contributed by atoms with Gasteiger partial charge in [0.15, 0.2) is 0 Å². The number of hydrogen-bond acceptors (Lipinski definition) is 3. The minimum absolute atomic E-state index is 0.183. The van der Waals surface area contributed by atoms with Gasteiger partial charge in [0.05, 0.1) is 6.20 Å². The lowest BCUT2D eigenvalue weighted by molar-refractivity contribution is 0.0995. The van der Waals surface area contributed by atoms with Crippen LogP contribution in [-0.2, 0) is 0 Å². The quantitative estimate of drug-likeness (QED) is 0.621. The van der Waals surface area contributed by atoms with E-state index in [1.165, 1.54) is 6.20 Å². The summed E-state index contributed by atoms with van der Waals surface area (Å²) in [5.74, 6) is -0.564. The van der Waals surface area contributed by atoms with Gasteiger partial charge < -0.3 is 10.7 Å². The van der Waals surface area contributed by atoms with Crippen LogP contribution in [-0.4, -0.2) is 20.9 Å². The second kappa shape index (κ2) is 2.30. The third-order valence-corrected chi connectivity index (χ3v) is 1.52. The highest BCUT2D eigenvalue weighted by Crippen LogP contribution is 2.06. The molecule has 0 aliphatic heterocycles. The monoisotopic (exact) mass is 162 g/mol. The largest absolute Gasteiger partial charge is 0.364 e. The Morgan fingerprint density at radius 1 is 1.42 bits per heavy atom. The number of rotatable bonds is 1. The molecular weight excluding hydrogens is 156 g/mol.